The van der Waals surface area contributed by atoms with Gasteiger partial charge in [-0.15, -0.1) is 0 Å². The lowest BCUT2D eigenvalue weighted by molar-refractivity contribution is 0.579. The Hall–Kier alpha value is -3.08. The van der Waals surface area contributed by atoms with Gasteiger partial charge in [0.25, 0.3) is 0 Å². The molecule has 3 N–H and O–H groups in total. The molecule has 2 aromatic heterocycles. The van der Waals surface area contributed by atoms with Crippen LogP contribution in [0.2, 0.25) is 0 Å². The highest BCUT2D eigenvalue weighted by atomic mass is 16.3. The fourth-order valence-corrected chi connectivity index (χ4v) is 1.92. The molecule has 0 aliphatic carbocycles. The van der Waals surface area contributed by atoms with Gasteiger partial charge in [0.15, 0.2) is 11.6 Å². The summed E-state index contributed by atoms with van der Waals surface area (Å²) in [5.41, 5.74) is 8.50. The Morgan fingerprint density at radius 3 is 2.67 bits per heavy atom. The highest BCUT2D eigenvalue weighted by Crippen LogP contribution is 2.23. The van der Waals surface area contributed by atoms with Crippen molar-refractivity contribution in [2.45, 2.75) is 0 Å². The van der Waals surface area contributed by atoms with Gasteiger partial charge in [0.2, 0.25) is 0 Å². The zero-order chi connectivity index (χ0) is 14.7. The van der Waals surface area contributed by atoms with Crippen LogP contribution in [0.15, 0.2) is 65.9 Å². The van der Waals surface area contributed by atoms with Gasteiger partial charge in [-0.25, -0.2) is 9.97 Å². The summed E-state index contributed by atoms with van der Waals surface area (Å²) in [6, 6.07) is 13.3. The van der Waals surface area contributed by atoms with E-state index < -0.39 is 0 Å². The molecule has 0 radical (unpaired) electrons. The summed E-state index contributed by atoms with van der Waals surface area (Å²) in [5, 5.41) is 3.16. The third-order valence-corrected chi connectivity index (χ3v) is 2.93. The van der Waals surface area contributed by atoms with E-state index in [4.69, 9.17) is 10.2 Å². The van der Waals surface area contributed by atoms with Crippen molar-refractivity contribution in [3.05, 3.63) is 67.2 Å². The van der Waals surface area contributed by atoms with Crippen LogP contribution < -0.4 is 11.1 Å². The lowest BCUT2D eigenvalue weighted by Gasteiger charge is -2.11. The Balaban J connectivity index is 1.91. The summed E-state index contributed by atoms with van der Waals surface area (Å²) in [5.74, 6) is 0.954. The molecule has 0 amide bonds. The largest absolute Gasteiger partial charge is 0.463 e. The average molecular weight is 278 g/mol. The van der Waals surface area contributed by atoms with E-state index in [1.165, 1.54) is 0 Å². The number of nitrogens with zero attached hydrogens (tertiary/aromatic N) is 2. The number of hydrogen-bond donors (Lipinski definition) is 2. The van der Waals surface area contributed by atoms with Crippen LogP contribution in [-0.4, -0.2) is 9.97 Å². The average Bonchev–Trinajstić information content (AvgIpc) is 3.03. The van der Waals surface area contributed by atoms with Gasteiger partial charge in [-0.3, -0.25) is 0 Å². The first-order chi connectivity index (χ1) is 10.2. The monoisotopic (exact) mass is 278 g/mol. The van der Waals surface area contributed by atoms with Crippen molar-refractivity contribution in [2.24, 2.45) is 0 Å². The topological polar surface area (TPSA) is 77.0 Å². The van der Waals surface area contributed by atoms with Crippen LogP contribution in [0, 0.1) is 0 Å². The number of aromatic nitrogens is 2. The molecule has 0 saturated heterocycles. The number of nitrogens with one attached hydrogen (secondary N) is 1. The van der Waals surface area contributed by atoms with Crippen molar-refractivity contribution in [1.82, 2.24) is 9.97 Å². The molecule has 5 heteroatoms. The smallest absolute Gasteiger partial charge is 0.153 e. The van der Waals surface area contributed by atoms with Crippen molar-refractivity contribution in [2.75, 3.05) is 11.1 Å². The molecule has 21 heavy (non-hydrogen) atoms. The summed E-state index contributed by atoms with van der Waals surface area (Å²) in [7, 11) is 0. The van der Waals surface area contributed by atoms with Crippen LogP contribution in [0.25, 0.3) is 17.2 Å². The first-order valence-corrected chi connectivity index (χ1v) is 6.42. The maximum absolute atomic E-state index is 5.89. The van der Waals surface area contributed by atoms with Crippen molar-refractivity contribution in [1.29, 1.82) is 0 Å². The number of benzene rings is 1. The van der Waals surface area contributed by atoms with Gasteiger partial charge in [-0.05, 0) is 24.3 Å². The first-order valence-electron chi connectivity index (χ1n) is 6.42. The number of para-hydroxylation sites is 1. The highest BCUT2D eigenvalue weighted by molar-refractivity contribution is 5.78. The van der Waals surface area contributed by atoms with Crippen LogP contribution >= 0.6 is 0 Å². The Bertz CT molecular complexity index is 751. The molecule has 1 aromatic carbocycles. The lowest BCUT2D eigenvalue weighted by atomic mass is 10.2. The third-order valence-electron chi connectivity index (χ3n) is 2.93. The first kappa shape index (κ1) is 12.9. The summed E-state index contributed by atoms with van der Waals surface area (Å²) in [6.45, 7) is 3.98. The van der Waals surface area contributed by atoms with Gasteiger partial charge in [-0.1, -0.05) is 24.8 Å². The SMILES string of the molecule is C=C(Nc1ccccc1)c1nc(-c2ccco2)cnc1N. The molecule has 0 spiro atoms. The van der Waals surface area contributed by atoms with Gasteiger partial charge in [0.05, 0.1) is 18.2 Å². The number of nitrogen functional groups attached to an aromatic ring is 1. The summed E-state index contributed by atoms with van der Waals surface area (Å²) in [4.78, 5) is 8.62. The van der Waals surface area contributed by atoms with Gasteiger partial charge in [0, 0.05) is 5.69 Å². The normalized spacial score (nSPS) is 10.3. The minimum absolute atomic E-state index is 0.318. The summed E-state index contributed by atoms with van der Waals surface area (Å²) in [6.07, 6.45) is 3.16. The molecule has 3 rings (SSSR count). The Morgan fingerprint density at radius 1 is 1.14 bits per heavy atom. The number of furan rings is 1. The molecule has 0 fully saturated rings. The molecule has 104 valence electrons. The molecule has 0 unspecified atom stereocenters. The van der Waals surface area contributed by atoms with Gasteiger partial charge < -0.3 is 15.5 Å². The molecule has 0 aliphatic heterocycles. The second-order valence-corrected chi connectivity index (χ2v) is 4.44. The van der Waals surface area contributed by atoms with Gasteiger partial charge in [-0.2, -0.15) is 0 Å². The fraction of sp³-hybridized carbons (Fsp3) is 0. The molecule has 0 saturated carbocycles. The second kappa shape index (κ2) is 5.50. The predicted octanol–water partition coefficient (Wildman–Crippen LogP) is 3.40. The number of anilines is 2. The van der Waals surface area contributed by atoms with Crippen LogP contribution in [-0.2, 0) is 0 Å². The van der Waals surface area contributed by atoms with Crippen molar-refractivity contribution in [3.63, 3.8) is 0 Å². The summed E-state index contributed by atoms with van der Waals surface area (Å²) >= 11 is 0. The second-order valence-electron chi connectivity index (χ2n) is 4.44. The fourth-order valence-electron chi connectivity index (χ4n) is 1.92. The number of hydrogen-bond acceptors (Lipinski definition) is 5. The van der Waals surface area contributed by atoms with E-state index in [-0.39, 0.29) is 0 Å². The van der Waals surface area contributed by atoms with E-state index in [2.05, 4.69) is 21.9 Å². The zero-order valence-corrected chi connectivity index (χ0v) is 11.3. The van der Waals surface area contributed by atoms with Crippen molar-refractivity contribution < 1.29 is 4.42 Å². The standard InChI is InChI=1S/C16H14N4O/c1-11(19-12-6-3-2-4-7-12)15-16(17)18-10-13(20-15)14-8-5-9-21-14/h2-10,19H,1H2,(H2,17,18). The summed E-state index contributed by atoms with van der Waals surface area (Å²) < 4.78 is 5.32. The van der Waals surface area contributed by atoms with E-state index in [1.807, 2.05) is 36.4 Å². The van der Waals surface area contributed by atoms with E-state index in [9.17, 15) is 0 Å². The number of rotatable bonds is 4. The zero-order valence-electron chi connectivity index (χ0n) is 11.3. The molecule has 3 aromatic rings. The van der Waals surface area contributed by atoms with Gasteiger partial charge >= 0.3 is 0 Å². The Labute approximate surface area is 122 Å². The predicted molar refractivity (Wildman–Crippen MR) is 83.2 cm³/mol. The quantitative estimate of drug-likeness (QED) is 0.764. The highest BCUT2D eigenvalue weighted by Gasteiger charge is 2.11. The molecule has 0 bridgehead atoms. The lowest BCUT2D eigenvalue weighted by Crippen LogP contribution is -2.06. The maximum atomic E-state index is 5.89. The molecule has 2 heterocycles. The van der Waals surface area contributed by atoms with Crippen LogP contribution in [0.5, 0.6) is 0 Å². The molecule has 5 nitrogen and oxygen atoms in total. The van der Waals surface area contributed by atoms with Crippen LogP contribution in [0.4, 0.5) is 11.5 Å². The van der Waals surface area contributed by atoms with E-state index in [0.29, 0.717) is 28.7 Å². The molecule has 0 atom stereocenters. The Kier molecular flexibility index (Phi) is 3.39. The third kappa shape index (κ3) is 2.76. The molecular weight excluding hydrogens is 264 g/mol. The molecular formula is C16H14N4O. The van der Waals surface area contributed by atoms with Crippen LogP contribution in [0.1, 0.15) is 5.69 Å². The van der Waals surface area contributed by atoms with E-state index in [1.54, 1.807) is 18.5 Å². The van der Waals surface area contributed by atoms with Crippen molar-refractivity contribution >= 4 is 17.2 Å². The Morgan fingerprint density at radius 2 is 1.95 bits per heavy atom. The maximum Gasteiger partial charge on any atom is 0.153 e. The van der Waals surface area contributed by atoms with E-state index >= 15 is 0 Å². The number of nitrogens with two attached hydrogens (primary N) is 1. The minimum Gasteiger partial charge on any atom is -0.463 e. The molecule has 0 aliphatic rings. The van der Waals surface area contributed by atoms with E-state index in [0.717, 1.165) is 5.69 Å². The minimum atomic E-state index is 0.318. The van der Waals surface area contributed by atoms with Gasteiger partial charge in [0.1, 0.15) is 11.4 Å². The van der Waals surface area contributed by atoms with Crippen LogP contribution in [0.3, 0.4) is 0 Å². The van der Waals surface area contributed by atoms with Crippen molar-refractivity contribution in [3.8, 4) is 11.5 Å².